The Labute approximate surface area is 253 Å². The average molecular weight is 636 g/mol. The van der Waals surface area contributed by atoms with Crippen molar-refractivity contribution < 1.29 is 30.8 Å². The van der Waals surface area contributed by atoms with Crippen molar-refractivity contribution in [3.63, 3.8) is 0 Å². The third-order valence-corrected chi connectivity index (χ3v) is 7.92. The normalized spacial score (nSPS) is 15.1. The van der Waals surface area contributed by atoms with Gasteiger partial charge < -0.3 is 15.1 Å². The Morgan fingerprint density at radius 1 is 0.889 bits per heavy atom. The number of alkyl halides is 3. The van der Waals surface area contributed by atoms with Gasteiger partial charge in [-0.3, -0.25) is 18.8 Å². The molecule has 1 saturated heterocycles. The van der Waals surface area contributed by atoms with Crippen molar-refractivity contribution in [2.75, 3.05) is 31.1 Å². The standard InChI is InChI=1S/C31H31F6N5O3/c1-18-12-20(14-21(32)13-18)26(38)17-42-29(43)28(19(2)41(30(42)44)16-23-24(33)4-3-5-25(23)34)40-10-8-39(9-11-40)15-22-6-7-27(45-22)31(35,36)37/h3-7,12-14,26H,8-11,15-17,38H2,1-2H3/t26-/m0/s1. The van der Waals surface area contributed by atoms with Crippen LogP contribution in [0.1, 0.15) is 39.9 Å². The van der Waals surface area contributed by atoms with E-state index in [1.807, 2.05) is 4.90 Å². The fourth-order valence-corrected chi connectivity index (χ4v) is 5.59. The molecule has 240 valence electrons. The van der Waals surface area contributed by atoms with Crippen LogP contribution >= 0.6 is 0 Å². The molecule has 0 radical (unpaired) electrons. The molecule has 14 heteroatoms. The second-order valence-corrected chi connectivity index (χ2v) is 11.1. The van der Waals surface area contributed by atoms with Crippen molar-refractivity contribution in [2.24, 2.45) is 5.73 Å². The quantitative estimate of drug-likeness (QED) is 0.282. The molecule has 3 heterocycles. The van der Waals surface area contributed by atoms with Crippen LogP contribution < -0.4 is 21.9 Å². The molecule has 0 aliphatic carbocycles. The first kappa shape index (κ1) is 32.1. The van der Waals surface area contributed by atoms with E-state index in [0.29, 0.717) is 24.2 Å². The summed E-state index contributed by atoms with van der Waals surface area (Å²) in [4.78, 5) is 31.2. The number of hydrogen-bond donors (Lipinski definition) is 1. The number of rotatable bonds is 8. The van der Waals surface area contributed by atoms with E-state index in [-0.39, 0.29) is 48.9 Å². The highest BCUT2D eigenvalue weighted by molar-refractivity contribution is 5.50. The zero-order chi connectivity index (χ0) is 32.6. The molecule has 2 N–H and O–H groups in total. The molecule has 1 atom stereocenters. The Hall–Kier alpha value is -4.30. The number of furan rings is 1. The molecule has 0 unspecified atom stereocenters. The van der Waals surface area contributed by atoms with E-state index < -0.39 is 53.2 Å². The van der Waals surface area contributed by atoms with Crippen LogP contribution in [0.4, 0.5) is 32.0 Å². The van der Waals surface area contributed by atoms with E-state index in [9.17, 15) is 35.9 Å². The summed E-state index contributed by atoms with van der Waals surface area (Å²) >= 11 is 0. The van der Waals surface area contributed by atoms with Crippen LogP contribution in [0.25, 0.3) is 0 Å². The molecule has 2 aromatic heterocycles. The van der Waals surface area contributed by atoms with E-state index in [0.717, 1.165) is 27.3 Å². The van der Waals surface area contributed by atoms with Crippen molar-refractivity contribution in [1.29, 1.82) is 0 Å². The van der Waals surface area contributed by atoms with Crippen molar-refractivity contribution in [1.82, 2.24) is 14.0 Å². The second kappa shape index (κ2) is 12.6. The molecular weight excluding hydrogens is 604 g/mol. The van der Waals surface area contributed by atoms with Crippen molar-refractivity contribution >= 4 is 5.69 Å². The lowest BCUT2D eigenvalue weighted by Gasteiger charge is -2.36. The lowest BCUT2D eigenvalue weighted by atomic mass is 10.0. The van der Waals surface area contributed by atoms with Crippen LogP contribution in [0.2, 0.25) is 0 Å². The number of nitrogens with two attached hydrogens (primary N) is 1. The van der Waals surface area contributed by atoms with Gasteiger partial charge in [0.25, 0.3) is 5.56 Å². The maximum absolute atomic E-state index is 14.7. The van der Waals surface area contributed by atoms with Gasteiger partial charge in [-0.1, -0.05) is 12.1 Å². The summed E-state index contributed by atoms with van der Waals surface area (Å²) in [6, 6.07) is 8.64. The molecular formula is C31H31F6N5O3. The minimum atomic E-state index is -4.60. The van der Waals surface area contributed by atoms with Crippen LogP contribution in [-0.4, -0.2) is 40.2 Å². The summed E-state index contributed by atoms with van der Waals surface area (Å²) in [5, 5.41) is 0. The van der Waals surface area contributed by atoms with Crippen LogP contribution in [-0.2, 0) is 25.8 Å². The predicted octanol–water partition coefficient (Wildman–Crippen LogP) is 4.73. The van der Waals surface area contributed by atoms with Gasteiger partial charge >= 0.3 is 11.9 Å². The zero-order valence-corrected chi connectivity index (χ0v) is 24.5. The summed E-state index contributed by atoms with van der Waals surface area (Å²) in [6.45, 7) is 3.62. The van der Waals surface area contributed by atoms with Gasteiger partial charge in [0.05, 0.1) is 19.6 Å². The van der Waals surface area contributed by atoms with Crippen molar-refractivity contribution in [2.45, 2.75) is 45.7 Å². The van der Waals surface area contributed by atoms with E-state index in [4.69, 9.17) is 10.2 Å². The van der Waals surface area contributed by atoms with E-state index in [2.05, 4.69) is 0 Å². The van der Waals surface area contributed by atoms with Gasteiger partial charge in [-0.25, -0.2) is 18.0 Å². The number of hydrogen-bond acceptors (Lipinski definition) is 6. The van der Waals surface area contributed by atoms with Crippen molar-refractivity contribution in [3.05, 3.63) is 121 Å². The van der Waals surface area contributed by atoms with Gasteiger partial charge in [0, 0.05) is 43.5 Å². The molecule has 0 saturated carbocycles. The SMILES string of the molecule is Cc1cc(F)cc([C@@H](N)Cn2c(=O)c(N3CCN(Cc4ccc(C(F)(F)F)o4)CC3)c(C)n(Cc3c(F)cccc3F)c2=O)c1. The van der Waals surface area contributed by atoms with Crippen LogP contribution in [0, 0.1) is 31.3 Å². The highest BCUT2D eigenvalue weighted by atomic mass is 19.4. The van der Waals surface area contributed by atoms with E-state index >= 15 is 0 Å². The number of nitrogens with zero attached hydrogens (tertiary/aromatic N) is 4. The summed E-state index contributed by atoms with van der Waals surface area (Å²) in [7, 11) is 0. The lowest BCUT2D eigenvalue weighted by molar-refractivity contribution is -0.153. The Morgan fingerprint density at radius 2 is 1.56 bits per heavy atom. The Morgan fingerprint density at radius 3 is 2.16 bits per heavy atom. The molecule has 0 bridgehead atoms. The number of benzene rings is 2. The zero-order valence-electron chi connectivity index (χ0n) is 24.5. The van der Waals surface area contributed by atoms with Crippen LogP contribution in [0.3, 0.4) is 0 Å². The van der Waals surface area contributed by atoms with E-state index in [1.165, 1.54) is 31.2 Å². The first-order valence-electron chi connectivity index (χ1n) is 14.2. The molecule has 45 heavy (non-hydrogen) atoms. The number of piperazine rings is 1. The minimum absolute atomic E-state index is 0.112. The fourth-order valence-electron chi connectivity index (χ4n) is 5.59. The monoisotopic (exact) mass is 635 g/mol. The largest absolute Gasteiger partial charge is 0.455 e. The van der Waals surface area contributed by atoms with E-state index in [1.54, 1.807) is 17.9 Å². The Bertz CT molecular complexity index is 1780. The molecule has 5 rings (SSSR count). The van der Waals surface area contributed by atoms with Gasteiger partial charge in [-0.15, -0.1) is 0 Å². The highest BCUT2D eigenvalue weighted by Gasteiger charge is 2.35. The third-order valence-electron chi connectivity index (χ3n) is 7.92. The number of halogens is 6. The first-order chi connectivity index (χ1) is 21.2. The molecule has 1 aliphatic heterocycles. The summed E-state index contributed by atoms with van der Waals surface area (Å²) in [5.74, 6) is -3.23. The Balaban J connectivity index is 1.48. The average Bonchev–Trinajstić information content (AvgIpc) is 3.44. The van der Waals surface area contributed by atoms with Gasteiger partial charge in [-0.2, -0.15) is 13.2 Å². The van der Waals surface area contributed by atoms with Gasteiger partial charge in [0.2, 0.25) is 5.76 Å². The number of aryl methyl sites for hydroxylation is 1. The first-order valence-corrected chi connectivity index (χ1v) is 14.2. The third kappa shape index (κ3) is 6.86. The maximum atomic E-state index is 14.7. The molecule has 0 amide bonds. The molecule has 1 fully saturated rings. The molecule has 0 spiro atoms. The number of aromatic nitrogens is 2. The smallest absolute Gasteiger partial charge is 0.449 e. The highest BCUT2D eigenvalue weighted by Crippen LogP contribution is 2.31. The predicted molar refractivity (Wildman–Crippen MR) is 154 cm³/mol. The van der Waals surface area contributed by atoms with Gasteiger partial charge in [-0.05, 0) is 61.4 Å². The van der Waals surface area contributed by atoms with Crippen molar-refractivity contribution in [3.8, 4) is 0 Å². The lowest BCUT2D eigenvalue weighted by Crippen LogP contribution is -2.51. The second-order valence-electron chi connectivity index (χ2n) is 11.1. The molecule has 4 aromatic rings. The van der Waals surface area contributed by atoms with Gasteiger partial charge in [0.1, 0.15) is 28.9 Å². The maximum Gasteiger partial charge on any atom is 0.449 e. The topological polar surface area (TPSA) is 89.6 Å². The summed E-state index contributed by atoms with van der Waals surface area (Å²) < 4.78 is 89.2. The molecule has 1 aliphatic rings. The Kier molecular flexibility index (Phi) is 8.99. The minimum Gasteiger partial charge on any atom is -0.455 e. The van der Waals surface area contributed by atoms with Gasteiger partial charge in [0.15, 0.2) is 0 Å². The fraction of sp³-hybridized carbons (Fsp3) is 0.355. The summed E-state index contributed by atoms with van der Waals surface area (Å²) in [5.41, 5.74) is 5.69. The summed E-state index contributed by atoms with van der Waals surface area (Å²) in [6.07, 6.45) is -4.60. The molecule has 2 aromatic carbocycles. The molecule has 8 nitrogen and oxygen atoms in total. The number of anilines is 1. The van der Waals surface area contributed by atoms with Crippen LogP contribution in [0.5, 0.6) is 0 Å². The van der Waals surface area contributed by atoms with Crippen LogP contribution in [0.15, 0.2) is 62.5 Å².